The summed E-state index contributed by atoms with van der Waals surface area (Å²) in [6.07, 6.45) is -1.89. The Bertz CT molecular complexity index is 1140. The number of benzene rings is 1. The molecule has 2 aliphatic rings. The van der Waals surface area contributed by atoms with Crippen molar-refractivity contribution in [1.82, 2.24) is 15.2 Å². The highest BCUT2D eigenvalue weighted by molar-refractivity contribution is 5.90. The maximum absolute atomic E-state index is 13.3. The first-order chi connectivity index (χ1) is 17.3. The second-order valence-electron chi connectivity index (χ2n) is 10.2. The van der Waals surface area contributed by atoms with Gasteiger partial charge in [-0.05, 0) is 58.2 Å². The summed E-state index contributed by atoms with van der Waals surface area (Å²) >= 11 is 0. The van der Waals surface area contributed by atoms with E-state index in [-0.39, 0.29) is 48.3 Å². The number of nitrogens with zero attached hydrogens (tertiary/aromatic N) is 2. The fourth-order valence-electron chi connectivity index (χ4n) is 4.03. The molecule has 4 rings (SSSR count). The number of halogens is 3. The van der Waals surface area contributed by atoms with Crippen LogP contribution in [0.1, 0.15) is 56.3 Å². The van der Waals surface area contributed by atoms with Crippen LogP contribution in [0.4, 0.5) is 18.0 Å². The zero-order chi connectivity index (χ0) is 27.0. The van der Waals surface area contributed by atoms with E-state index in [2.05, 4.69) is 10.3 Å². The molecule has 12 heteroatoms. The van der Waals surface area contributed by atoms with Crippen molar-refractivity contribution < 1.29 is 41.4 Å². The fourth-order valence-corrected chi connectivity index (χ4v) is 4.03. The molecular formula is C25H30F3N3O6. The van der Waals surface area contributed by atoms with Crippen molar-refractivity contribution in [1.29, 1.82) is 0 Å². The van der Waals surface area contributed by atoms with Crippen molar-refractivity contribution >= 4 is 12.0 Å². The van der Waals surface area contributed by atoms with Gasteiger partial charge in [-0.2, -0.15) is 13.2 Å². The minimum absolute atomic E-state index is 0.0223. The highest BCUT2D eigenvalue weighted by Gasteiger charge is 2.39. The number of carbonyl (C=O) groups excluding carboxylic acids is 2. The van der Waals surface area contributed by atoms with E-state index in [1.165, 1.54) is 24.3 Å². The number of ether oxygens (including phenoxy) is 3. The number of nitrogens with one attached hydrogen (secondary N) is 1. The summed E-state index contributed by atoms with van der Waals surface area (Å²) in [6.45, 7) is 5.73. The van der Waals surface area contributed by atoms with Crippen LogP contribution in [-0.4, -0.2) is 65.9 Å². The first kappa shape index (κ1) is 26.8. The van der Waals surface area contributed by atoms with Crippen molar-refractivity contribution in [2.45, 2.75) is 70.0 Å². The number of amides is 2. The van der Waals surface area contributed by atoms with E-state index in [1.54, 1.807) is 20.8 Å². The number of carbonyl (C=O) groups is 2. The lowest BCUT2D eigenvalue weighted by Crippen LogP contribution is -2.43. The highest BCUT2D eigenvalue weighted by Crippen LogP contribution is 2.39. The van der Waals surface area contributed by atoms with Gasteiger partial charge < -0.3 is 28.8 Å². The number of aromatic nitrogens is 1. The Morgan fingerprint density at radius 3 is 2.57 bits per heavy atom. The van der Waals surface area contributed by atoms with Gasteiger partial charge in [0.15, 0.2) is 5.76 Å². The molecule has 1 aliphatic carbocycles. The summed E-state index contributed by atoms with van der Waals surface area (Å²) in [5, 5.41) is 2.78. The molecule has 2 amide bonds. The molecule has 1 aromatic carbocycles. The molecule has 1 aliphatic heterocycles. The van der Waals surface area contributed by atoms with Crippen LogP contribution in [0.3, 0.4) is 0 Å². The number of rotatable bonds is 7. The molecule has 0 unspecified atom stereocenters. The Morgan fingerprint density at radius 1 is 1.22 bits per heavy atom. The largest absolute Gasteiger partial charge is 0.490 e. The highest BCUT2D eigenvalue weighted by atomic mass is 19.4. The third kappa shape index (κ3) is 6.73. The Labute approximate surface area is 212 Å². The summed E-state index contributed by atoms with van der Waals surface area (Å²) in [7, 11) is 1.52. The molecule has 1 saturated carbocycles. The van der Waals surface area contributed by atoms with E-state index in [0.717, 1.165) is 25.0 Å². The number of hydrogen-bond donors (Lipinski definition) is 1. The van der Waals surface area contributed by atoms with Crippen LogP contribution in [0.5, 0.6) is 5.75 Å². The lowest BCUT2D eigenvalue weighted by atomic mass is 10.1. The first-order valence-electron chi connectivity index (χ1n) is 12.0. The van der Waals surface area contributed by atoms with Gasteiger partial charge in [-0.25, -0.2) is 9.78 Å². The Balaban J connectivity index is 1.49. The molecule has 1 saturated heterocycles. The zero-order valence-corrected chi connectivity index (χ0v) is 21.1. The topological polar surface area (TPSA) is 103 Å². The zero-order valence-electron chi connectivity index (χ0n) is 21.1. The quantitative estimate of drug-likeness (QED) is 0.561. The van der Waals surface area contributed by atoms with Crippen molar-refractivity contribution in [3.8, 4) is 17.1 Å². The maximum Gasteiger partial charge on any atom is 0.416 e. The van der Waals surface area contributed by atoms with E-state index >= 15 is 0 Å². The standard InChI is InChI=1S/C25H30F3N3O6/c1-24(2,3)37-23(33)31-12-15(10-16(31)13-34-4)30-21(32)22-29-11-20(36-22)18-9-14(25(26,27)28)5-8-19(18)35-17-6-7-17/h5,8-9,11,15-17H,6-7,10,12-13H2,1-4H3,(H,30,32)/t15-,16+/m1/s1. The average Bonchev–Trinajstić information content (AvgIpc) is 3.30. The van der Waals surface area contributed by atoms with Crippen molar-refractivity contribution in [2.24, 2.45) is 0 Å². The Kier molecular flexibility index (Phi) is 7.40. The minimum Gasteiger partial charge on any atom is -0.490 e. The van der Waals surface area contributed by atoms with Crippen LogP contribution in [0.15, 0.2) is 28.8 Å². The average molecular weight is 526 g/mol. The molecule has 2 fully saturated rings. The van der Waals surface area contributed by atoms with E-state index in [4.69, 9.17) is 18.6 Å². The molecule has 37 heavy (non-hydrogen) atoms. The molecule has 2 atom stereocenters. The normalized spacial score (nSPS) is 20.1. The van der Waals surface area contributed by atoms with Gasteiger partial charge in [0.1, 0.15) is 11.4 Å². The predicted octanol–water partition coefficient (Wildman–Crippen LogP) is 4.66. The maximum atomic E-state index is 13.3. The summed E-state index contributed by atoms with van der Waals surface area (Å²) in [6, 6.07) is 2.37. The molecule has 0 bridgehead atoms. The van der Waals surface area contributed by atoms with E-state index in [1.807, 2.05) is 0 Å². The van der Waals surface area contributed by atoms with Crippen LogP contribution in [0.25, 0.3) is 11.3 Å². The van der Waals surface area contributed by atoms with Crippen LogP contribution in [0.2, 0.25) is 0 Å². The van der Waals surface area contributed by atoms with Crippen molar-refractivity contribution in [3.05, 3.63) is 35.9 Å². The van der Waals surface area contributed by atoms with Gasteiger partial charge in [-0.1, -0.05) is 0 Å². The van der Waals surface area contributed by atoms with Gasteiger partial charge in [0.25, 0.3) is 5.89 Å². The number of likely N-dealkylation sites (tertiary alicyclic amines) is 1. The lowest BCUT2D eigenvalue weighted by Gasteiger charge is -2.28. The van der Waals surface area contributed by atoms with Crippen LogP contribution < -0.4 is 10.1 Å². The van der Waals surface area contributed by atoms with Crippen molar-refractivity contribution in [2.75, 3.05) is 20.3 Å². The third-order valence-electron chi connectivity index (χ3n) is 5.83. The predicted molar refractivity (Wildman–Crippen MR) is 125 cm³/mol. The Hall–Kier alpha value is -3.28. The Morgan fingerprint density at radius 2 is 1.95 bits per heavy atom. The van der Waals surface area contributed by atoms with Gasteiger partial charge in [0.2, 0.25) is 0 Å². The van der Waals surface area contributed by atoms with Gasteiger partial charge in [0, 0.05) is 19.7 Å². The molecule has 2 heterocycles. The van der Waals surface area contributed by atoms with Crippen molar-refractivity contribution in [3.63, 3.8) is 0 Å². The van der Waals surface area contributed by atoms with E-state index < -0.39 is 35.4 Å². The minimum atomic E-state index is -4.56. The smallest absolute Gasteiger partial charge is 0.416 e. The third-order valence-corrected chi connectivity index (χ3v) is 5.83. The van der Waals surface area contributed by atoms with E-state index in [9.17, 15) is 22.8 Å². The van der Waals surface area contributed by atoms with Gasteiger partial charge in [0.05, 0.1) is 36.1 Å². The molecule has 9 nitrogen and oxygen atoms in total. The van der Waals surface area contributed by atoms with E-state index in [0.29, 0.717) is 6.42 Å². The lowest BCUT2D eigenvalue weighted by molar-refractivity contribution is -0.137. The second-order valence-corrected chi connectivity index (χ2v) is 10.2. The molecule has 202 valence electrons. The summed E-state index contributed by atoms with van der Waals surface area (Å²) in [5.41, 5.74) is -1.49. The number of methoxy groups -OCH3 is 1. The van der Waals surface area contributed by atoms with Crippen LogP contribution >= 0.6 is 0 Å². The van der Waals surface area contributed by atoms with Gasteiger partial charge in [-0.3, -0.25) is 4.79 Å². The van der Waals surface area contributed by atoms with Gasteiger partial charge in [-0.15, -0.1) is 0 Å². The molecular weight excluding hydrogens is 495 g/mol. The SMILES string of the molecule is COC[C@@H]1C[C@@H](NC(=O)c2ncc(-c3cc(C(F)(F)F)ccc3OC3CC3)o2)CN1C(=O)OC(C)(C)C. The molecule has 1 N–H and O–H groups in total. The monoisotopic (exact) mass is 525 g/mol. The number of hydrogen-bond acceptors (Lipinski definition) is 7. The summed E-state index contributed by atoms with van der Waals surface area (Å²) < 4.78 is 61.9. The van der Waals surface area contributed by atoms with Gasteiger partial charge >= 0.3 is 18.2 Å². The molecule has 0 spiro atoms. The first-order valence-corrected chi connectivity index (χ1v) is 12.0. The van der Waals surface area contributed by atoms with Crippen LogP contribution in [0, 0.1) is 0 Å². The molecule has 1 aromatic heterocycles. The summed E-state index contributed by atoms with van der Waals surface area (Å²) in [5.74, 6) is -0.769. The fraction of sp³-hybridized carbons (Fsp3) is 0.560. The summed E-state index contributed by atoms with van der Waals surface area (Å²) in [4.78, 5) is 31.0. The second kappa shape index (κ2) is 10.2. The number of alkyl halides is 3. The molecule has 0 radical (unpaired) electrons. The van der Waals surface area contributed by atoms with Crippen LogP contribution in [-0.2, 0) is 15.7 Å². The number of oxazole rings is 1. The molecule has 2 aromatic rings.